The van der Waals surface area contributed by atoms with Crippen LogP contribution < -0.4 is 0 Å². The number of piperidine rings is 1. The molecule has 0 aromatic heterocycles. The summed E-state index contributed by atoms with van der Waals surface area (Å²) in [6.07, 6.45) is 4.38. The highest BCUT2D eigenvalue weighted by atomic mass is 79.9. The maximum Gasteiger partial charge on any atom is 0.324 e. The molecular formula is C20H19BrN2O4. The molecular weight excluding hydrogens is 412 g/mol. The lowest BCUT2D eigenvalue weighted by Gasteiger charge is -2.32. The zero-order valence-corrected chi connectivity index (χ0v) is 16.5. The Hall–Kier alpha value is -2.20. The molecule has 3 aliphatic rings. The largest absolute Gasteiger partial charge is 0.468 e. The van der Waals surface area contributed by atoms with E-state index in [-0.39, 0.29) is 6.04 Å². The van der Waals surface area contributed by atoms with Gasteiger partial charge in [0, 0.05) is 16.4 Å². The van der Waals surface area contributed by atoms with Crippen LogP contribution in [-0.2, 0) is 19.1 Å². The molecule has 1 aliphatic heterocycles. The van der Waals surface area contributed by atoms with Crippen LogP contribution in [0.2, 0.25) is 0 Å². The SMILES string of the molecule is COC(=O)C12C(=O)N(C3CCCCC3)C(=O)C1(C#N)C2c1ccc(Br)cc1. The quantitative estimate of drug-likeness (QED) is 0.417. The van der Waals surface area contributed by atoms with Crippen LogP contribution >= 0.6 is 15.9 Å². The first kappa shape index (κ1) is 18.2. The molecule has 4 rings (SSSR count). The summed E-state index contributed by atoms with van der Waals surface area (Å²) in [6.45, 7) is 0. The Labute approximate surface area is 165 Å². The van der Waals surface area contributed by atoms with Crippen LogP contribution in [0.1, 0.15) is 43.6 Å². The van der Waals surface area contributed by atoms with Crippen LogP contribution in [0.25, 0.3) is 0 Å². The maximum atomic E-state index is 13.4. The summed E-state index contributed by atoms with van der Waals surface area (Å²) in [4.78, 5) is 40.8. The number of hydrogen-bond acceptors (Lipinski definition) is 5. The van der Waals surface area contributed by atoms with E-state index in [2.05, 4.69) is 22.0 Å². The van der Waals surface area contributed by atoms with Gasteiger partial charge in [-0.25, -0.2) is 0 Å². The third-order valence-corrected chi connectivity index (χ3v) is 6.87. The van der Waals surface area contributed by atoms with Crippen molar-refractivity contribution in [3.05, 3.63) is 34.3 Å². The second kappa shape index (κ2) is 6.16. The lowest BCUT2D eigenvalue weighted by Crippen LogP contribution is -2.47. The van der Waals surface area contributed by atoms with Gasteiger partial charge in [-0.15, -0.1) is 0 Å². The van der Waals surface area contributed by atoms with E-state index in [9.17, 15) is 19.6 Å². The lowest BCUT2D eigenvalue weighted by atomic mass is 9.92. The van der Waals surface area contributed by atoms with Crippen LogP contribution in [0.4, 0.5) is 0 Å². The van der Waals surface area contributed by atoms with Crippen LogP contribution in [0.3, 0.4) is 0 Å². The topological polar surface area (TPSA) is 87.5 Å². The van der Waals surface area contributed by atoms with E-state index in [4.69, 9.17) is 4.74 Å². The minimum atomic E-state index is -1.77. The number of likely N-dealkylation sites (tertiary alicyclic amines) is 1. The van der Waals surface area contributed by atoms with E-state index in [1.54, 1.807) is 24.3 Å². The number of hydrogen-bond donors (Lipinski definition) is 0. The third kappa shape index (κ3) is 2.08. The molecule has 0 bridgehead atoms. The van der Waals surface area contributed by atoms with Gasteiger partial charge >= 0.3 is 5.97 Å². The smallest absolute Gasteiger partial charge is 0.324 e. The summed E-state index contributed by atoms with van der Waals surface area (Å²) in [5, 5.41) is 10.0. The van der Waals surface area contributed by atoms with E-state index in [0.29, 0.717) is 5.56 Å². The predicted molar refractivity (Wildman–Crippen MR) is 98.1 cm³/mol. The van der Waals surface area contributed by atoms with Gasteiger partial charge in [-0.05, 0) is 30.5 Å². The first-order valence-electron chi connectivity index (χ1n) is 9.10. The molecule has 2 amide bonds. The predicted octanol–water partition coefficient (Wildman–Crippen LogP) is 2.92. The monoisotopic (exact) mass is 430 g/mol. The van der Waals surface area contributed by atoms with Crippen molar-refractivity contribution in [2.24, 2.45) is 10.8 Å². The van der Waals surface area contributed by atoms with Crippen molar-refractivity contribution in [3.63, 3.8) is 0 Å². The summed E-state index contributed by atoms with van der Waals surface area (Å²) in [6, 6.07) is 8.84. The molecule has 1 aromatic carbocycles. The Morgan fingerprint density at radius 3 is 2.37 bits per heavy atom. The van der Waals surface area contributed by atoms with Crippen LogP contribution in [0.15, 0.2) is 28.7 Å². The molecule has 1 saturated heterocycles. The number of benzene rings is 1. The number of amides is 2. The Morgan fingerprint density at radius 1 is 1.19 bits per heavy atom. The molecule has 7 heteroatoms. The minimum Gasteiger partial charge on any atom is -0.468 e. The van der Waals surface area contributed by atoms with Crippen molar-refractivity contribution in [1.82, 2.24) is 4.90 Å². The van der Waals surface area contributed by atoms with Crippen LogP contribution in [0, 0.1) is 22.2 Å². The molecule has 1 heterocycles. The van der Waals surface area contributed by atoms with E-state index in [1.807, 2.05) is 0 Å². The number of nitrogens with zero attached hydrogens (tertiary/aromatic N) is 2. The zero-order valence-electron chi connectivity index (χ0n) is 14.9. The molecule has 2 aliphatic carbocycles. The number of rotatable bonds is 3. The highest BCUT2D eigenvalue weighted by Crippen LogP contribution is 2.79. The fraction of sp³-hybridized carbons (Fsp3) is 0.500. The van der Waals surface area contributed by atoms with Crippen molar-refractivity contribution in [2.75, 3.05) is 7.11 Å². The summed E-state index contributed by atoms with van der Waals surface area (Å²) < 4.78 is 5.77. The standard InChI is InChI=1S/C20H19BrN2O4/c1-27-18(26)20-15(12-7-9-13(21)10-8-12)19(20,11-22)16(24)23(17(20)25)14-5-3-2-4-6-14/h7-10,14-15H,2-6H2,1H3. The molecule has 3 atom stereocenters. The first-order valence-corrected chi connectivity index (χ1v) is 9.89. The lowest BCUT2D eigenvalue weighted by molar-refractivity contribution is -0.156. The molecule has 0 spiro atoms. The zero-order chi connectivity index (χ0) is 19.4. The number of halogens is 1. The van der Waals surface area contributed by atoms with E-state index >= 15 is 0 Å². The Bertz CT molecular complexity index is 871. The van der Waals surface area contributed by atoms with Gasteiger partial charge in [-0.2, -0.15) is 5.26 Å². The molecule has 0 radical (unpaired) electrons. The second-order valence-electron chi connectivity index (χ2n) is 7.48. The fourth-order valence-electron chi connectivity index (χ4n) is 5.08. The average Bonchev–Trinajstić information content (AvgIpc) is 3.28. The van der Waals surface area contributed by atoms with Gasteiger partial charge < -0.3 is 4.74 Å². The fourth-order valence-corrected chi connectivity index (χ4v) is 5.35. The van der Waals surface area contributed by atoms with Crippen molar-refractivity contribution < 1.29 is 19.1 Å². The Morgan fingerprint density at radius 2 is 1.81 bits per heavy atom. The molecule has 3 unspecified atom stereocenters. The number of fused-ring (bicyclic) bond motifs is 1. The highest BCUT2D eigenvalue weighted by Gasteiger charge is 2.95. The maximum absolute atomic E-state index is 13.4. The number of esters is 1. The van der Waals surface area contributed by atoms with E-state index in [0.717, 1.165) is 36.6 Å². The average molecular weight is 431 g/mol. The van der Waals surface area contributed by atoms with E-state index in [1.165, 1.54) is 12.0 Å². The molecule has 6 nitrogen and oxygen atoms in total. The second-order valence-corrected chi connectivity index (χ2v) is 8.39. The van der Waals surface area contributed by atoms with Gasteiger partial charge in [-0.3, -0.25) is 19.3 Å². The molecule has 140 valence electrons. The molecule has 0 N–H and O–H groups in total. The Kier molecular flexibility index (Phi) is 4.15. The van der Waals surface area contributed by atoms with Gasteiger partial charge in [0.1, 0.15) is 0 Å². The third-order valence-electron chi connectivity index (χ3n) is 6.34. The van der Waals surface area contributed by atoms with Crippen LogP contribution in [0.5, 0.6) is 0 Å². The number of ether oxygens (including phenoxy) is 1. The van der Waals surface area contributed by atoms with Crippen molar-refractivity contribution in [3.8, 4) is 6.07 Å². The van der Waals surface area contributed by atoms with Gasteiger partial charge in [-0.1, -0.05) is 47.3 Å². The summed E-state index contributed by atoms with van der Waals surface area (Å²) >= 11 is 3.35. The number of methoxy groups -OCH3 is 1. The number of carbonyl (C=O) groups excluding carboxylic acids is 3. The number of carbonyl (C=O) groups is 3. The van der Waals surface area contributed by atoms with Gasteiger partial charge in [0.05, 0.1) is 13.2 Å². The minimum absolute atomic E-state index is 0.233. The molecule has 27 heavy (non-hydrogen) atoms. The van der Waals surface area contributed by atoms with Gasteiger partial charge in [0.2, 0.25) is 5.91 Å². The van der Waals surface area contributed by atoms with Crippen molar-refractivity contribution in [2.45, 2.75) is 44.1 Å². The number of nitriles is 1. The van der Waals surface area contributed by atoms with Gasteiger partial charge in [0.15, 0.2) is 10.8 Å². The molecule has 3 fully saturated rings. The first-order chi connectivity index (χ1) is 13.0. The molecule has 1 aromatic rings. The van der Waals surface area contributed by atoms with Gasteiger partial charge in [0.25, 0.3) is 5.91 Å². The normalized spacial score (nSPS) is 32.8. The van der Waals surface area contributed by atoms with E-state index < -0.39 is 34.5 Å². The summed E-state index contributed by atoms with van der Waals surface area (Å²) in [7, 11) is 1.19. The molecule has 2 saturated carbocycles. The number of imide groups is 1. The Balaban J connectivity index is 1.83. The summed E-state index contributed by atoms with van der Waals surface area (Å²) in [5.74, 6) is -2.72. The summed E-state index contributed by atoms with van der Waals surface area (Å²) in [5.41, 5.74) is -2.85. The van der Waals surface area contributed by atoms with Crippen LogP contribution in [-0.4, -0.2) is 35.8 Å². The highest BCUT2D eigenvalue weighted by molar-refractivity contribution is 9.10. The van der Waals surface area contributed by atoms with Crippen molar-refractivity contribution in [1.29, 1.82) is 5.26 Å². The van der Waals surface area contributed by atoms with Crippen molar-refractivity contribution >= 4 is 33.7 Å².